The minimum atomic E-state index is -0.292. The predicted molar refractivity (Wildman–Crippen MR) is 68.6 cm³/mol. The number of Topliss-reactive ketones (excluding diaryl/α,β-unsaturated/α-hetero) is 1. The van der Waals surface area contributed by atoms with Crippen LogP contribution in [-0.4, -0.2) is 5.78 Å². The minimum Gasteiger partial charge on any atom is -0.294 e. The molecular formula is C15H22O. The summed E-state index contributed by atoms with van der Waals surface area (Å²) in [5.74, 6) is 0.239. The van der Waals surface area contributed by atoms with Crippen LogP contribution in [0.25, 0.3) is 0 Å². The van der Waals surface area contributed by atoms with E-state index in [1.807, 2.05) is 44.2 Å². The van der Waals surface area contributed by atoms with Gasteiger partial charge in [-0.05, 0) is 11.8 Å². The average Bonchev–Trinajstić information content (AvgIpc) is 2.14. The second kappa shape index (κ2) is 4.40. The van der Waals surface area contributed by atoms with E-state index < -0.39 is 0 Å². The average molecular weight is 218 g/mol. The molecule has 0 radical (unpaired) electrons. The quantitative estimate of drug-likeness (QED) is 0.690. The lowest BCUT2D eigenvalue weighted by Gasteiger charge is -2.31. The Morgan fingerprint density at radius 2 is 1.50 bits per heavy atom. The third-order valence-electron chi connectivity index (χ3n) is 2.62. The molecule has 0 aromatic heterocycles. The van der Waals surface area contributed by atoms with Gasteiger partial charge in [0, 0.05) is 11.0 Å². The molecule has 0 saturated carbocycles. The van der Waals surface area contributed by atoms with Gasteiger partial charge in [0.25, 0.3) is 0 Å². The topological polar surface area (TPSA) is 17.1 Å². The zero-order chi connectivity index (χ0) is 12.4. The van der Waals surface area contributed by atoms with E-state index in [0.717, 1.165) is 12.0 Å². The fourth-order valence-electron chi connectivity index (χ4n) is 2.39. The molecule has 0 saturated heterocycles. The molecule has 0 N–H and O–H groups in total. The van der Waals surface area contributed by atoms with Crippen LogP contribution < -0.4 is 0 Å². The fourth-order valence-corrected chi connectivity index (χ4v) is 2.39. The molecule has 0 atom stereocenters. The van der Waals surface area contributed by atoms with Crippen molar-refractivity contribution in [3.05, 3.63) is 35.9 Å². The van der Waals surface area contributed by atoms with E-state index in [0.29, 0.717) is 0 Å². The Kier molecular flexibility index (Phi) is 3.57. The highest BCUT2D eigenvalue weighted by Crippen LogP contribution is 2.35. The molecule has 0 aliphatic rings. The summed E-state index contributed by atoms with van der Waals surface area (Å²) in [7, 11) is 0. The monoisotopic (exact) mass is 218 g/mol. The van der Waals surface area contributed by atoms with Crippen molar-refractivity contribution < 1.29 is 4.79 Å². The van der Waals surface area contributed by atoms with Crippen LogP contribution in [0.4, 0.5) is 0 Å². The van der Waals surface area contributed by atoms with Crippen LogP contribution in [0.2, 0.25) is 0 Å². The second-order valence-corrected chi connectivity index (χ2v) is 6.32. The Morgan fingerprint density at radius 3 is 1.94 bits per heavy atom. The van der Waals surface area contributed by atoms with Gasteiger partial charge in [-0.3, -0.25) is 4.79 Å². The first kappa shape index (κ1) is 13.0. The third kappa shape index (κ3) is 3.48. The summed E-state index contributed by atoms with van der Waals surface area (Å²) >= 11 is 0. The molecule has 1 aromatic carbocycles. The first-order chi connectivity index (χ1) is 7.22. The number of hydrogen-bond donors (Lipinski definition) is 0. The van der Waals surface area contributed by atoms with Crippen molar-refractivity contribution in [3.8, 4) is 0 Å². The van der Waals surface area contributed by atoms with Crippen LogP contribution in [0, 0.1) is 10.8 Å². The Balaban J connectivity index is 2.89. The normalized spacial score (nSPS) is 12.6. The number of carbonyl (C=O) groups excluding carboxylic acids is 1. The molecule has 0 amide bonds. The summed E-state index contributed by atoms with van der Waals surface area (Å²) in [6.07, 6.45) is 0.897. The van der Waals surface area contributed by atoms with E-state index in [2.05, 4.69) is 20.8 Å². The van der Waals surface area contributed by atoms with Crippen LogP contribution in [0.1, 0.15) is 51.4 Å². The Labute approximate surface area is 98.9 Å². The van der Waals surface area contributed by atoms with Crippen LogP contribution in [0.3, 0.4) is 0 Å². The number of rotatable bonds is 3. The summed E-state index contributed by atoms with van der Waals surface area (Å²) in [6.45, 7) is 10.6. The van der Waals surface area contributed by atoms with Crippen LogP contribution in [-0.2, 0) is 0 Å². The molecule has 0 aliphatic carbocycles. The van der Waals surface area contributed by atoms with E-state index in [-0.39, 0.29) is 16.6 Å². The number of ketones is 1. The lowest BCUT2D eigenvalue weighted by Crippen LogP contribution is -2.29. The maximum absolute atomic E-state index is 12.3. The largest absolute Gasteiger partial charge is 0.294 e. The van der Waals surface area contributed by atoms with Crippen LogP contribution in [0.15, 0.2) is 30.3 Å². The molecule has 0 unspecified atom stereocenters. The van der Waals surface area contributed by atoms with Crippen molar-refractivity contribution >= 4 is 5.78 Å². The van der Waals surface area contributed by atoms with E-state index >= 15 is 0 Å². The van der Waals surface area contributed by atoms with Gasteiger partial charge in [0.05, 0.1) is 0 Å². The highest BCUT2D eigenvalue weighted by molar-refractivity contribution is 6.00. The molecular weight excluding hydrogens is 196 g/mol. The van der Waals surface area contributed by atoms with Gasteiger partial charge in [0.15, 0.2) is 5.78 Å². The van der Waals surface area contributed by atoms with Crippen molar-refractivity contribution in [3.63, 3.8) is 0 Å². The molecule has 0 fully saturated rings. The highest BCUT2D eigenvalue weighted by atomic mass is 16.1. The van der Waals surface area contributed by atoms with Crippen molar-refractivity contribution in [2.75, 3.05) is 0 Å². The molecule has 1 rings (SSSR count). The van der Waals surface area contributed by atoms with Gasteiger partial charge in [0.2, 0.25) is 0 Å². The highest BCUT2D eigenvalue weighted by Gasteiger charge is 2.32. The van der Waals surface area contributed by atoms with Gasteiger partial charge in [-0.1, -0.05) is 65.0 Å². The van der Waals surface area contributed by atoms with Crippen molar-refractivity contribution in [2.24, 2.45) is 10.8 Å². The molecule has 0 spiro atoms. The molecule has 88 valence electrons. The Hall–Kier alpha value is -1.11. The minimum absolute atomic E-state index is 0.175. The number of hydrogen-bond acceptors (Lipinski definition) is 1. The van der Waals surface area contributed by atoms with Crippen LogP contribution >= 0.6 is 0 Å². The predicted octanol–water partition coefficient (Wildman–Crippen LogP) is 4.33. The molecule has 1 aromatic rings. The summed E-state index contributed by atoms with van der Waals surface area (Å²) in [4.78, 5) is 12.3. The lowest BCUT2D eigenvalue weighted by atomic mass is 9.72. The fraction of sp³-hybridized carbons (Fsp3) is 0.533. The van der Waals surface area contributed by atoms with Gasteiger partial charge in [0.1, 0.15) is 0 Å². The number of benzene rings is 1. The SMILES string of the molecule is CC(C)(C)CC(C)(C)C(=O)c1ccccc1. The summed E-state index contributed by atoms with van der Waals surface area (Å²) in [6, 6.07) is 9.56. The maximum atomic E-state index is 12.3. The van der Waals surface area contributed by atoms with Gasteiger partial charge in [-0.15, -0.1) is 0 Å². The van der Waals surface area contributed by atoms with E-state index in [4.69, 9.17) is 0 Å². The second-order valence-electron chi connectivity index (χ2n) is 6.32. The van der Waals surface area contributed by atoms with E-state index in [9.17, 15) is 4.79 Å². The van der Waals surface area contributed by atoms with E-state index in [1.165, 1.54) is 0 Å². The summed E-state index contributed by atoms with van der Waals surface area (Å²) < 4.78 is 0. The van der Waals surface area contributed by atoms with Crippen molar-refractivity contribution in [2.45, 2.75) is 41.0 Å². The molecule has 0 aliphatic heterocycles. The number of carbonyl (C=O) groups is 1. The van der Waals surface area contributed by atoms with Gasteiger partial charge < -0.3 is 0 Å². The first-order valence-corrected chi connectivity index (χ1v) is 5.82. The lowest BCUT2D eigenvalue weighted by molar-refractivity contribution is 0.0770. The molecule has 0 bridgehead atoms. The van der Waals surface area contributed by atoms with Gasteiger partial charge >= 0.3 is 0 Å². The van der Waals surface area contributed by atoms with Crippen LogP contribution in [0.5, 0.6) is 0 Å². The molecule has 1 nitrogen and oxygen atoms in total. The van der Waals surface area contributed by atoms with Crippen molar-refractivity contribution in [1.82, 2.24) is 0 Å². The summed E-state index contributed by atoms with van der Waals surface area (Å²) in [5, 5.41) is 0. The van der Waals surface area contributed by atoms with E-state index in [1.54, 1.807) is 0 Å². The smallest absolute Gasteiger partial charge is 0.168 e. The third-order valence-corrected chi connectivity index (χ3v) is 2.62. The summed E-state index contributed by atoms with van der Waals surface area (Å²) in [5.41, 5.74) is 0.699. The Bertz CT molecular complexity index is 355. The zero-order valence-corrected chi connectivity index (χ0v) is 11.0. The Morgan fingerprint density at radius 1 is 1.00 bits per heavy atom. The van der Waals surface area contributed by atoms with Gasteiger partial charge in [-0.2, -0.15) is 0 Å². The zero-order valence-electron chi connectivity index (χ0n) is 11.0. The van der Waals surface area contributed by atoms with Crippen molar-refractivity contribution in [1.29, 1.82) is 0 Å². The first-order valence-electron chi connectivity index (χ1n) is 5.82. The molecule has 0 heterocycles. The van der Waals surface area contributed by atoms with Gasteiger partial charge in [-0.25, -0.2) is 0 Å². The molecule has 1 heteroatoms. The molecule has 16 heavy (non-hydrogen) atoms. The maximum Gasteiger partial charge on any atom is 0.168 e. The standard InChI is InChI=1S/C15H22O/c1-14(2,3)11-15(4,5)13(16)12-9-7-6-8-10-12/h6-10H,11H2,1-5H3.